The number of anilines is 1. The summed E-state index contributed by atoms with van der Waals surface area (Å²) in [6, 6.07) is 25.2. The zero-order valence-electron chi connectivity index (χ0n) is 21.8. The van der Waals surface area contributed by atoms with Gasteiger partial charge in [0.15, 0.2) is 0 Å². The van der Waals surface area contributed by atoms with E-state index in [4.69, 9.17) is 9.47 Å². The molecule has 1 saturated heterocycles. The molecule has 1 atom stereocenters. The van der Waals surface area contributed by atoms with Crippen molar-refractivity contribution in [3.8, 4) is 11.5 Å². The molecule has 0 radical (unpaired) electrons. The molecule has 1 aliphatic rings. The van der Waals surface area contributed by atoms with Crippen molar-refractivity contribution in [3.05, 3.63) is 117 Å². The predicted molar refractivity (Wildman–Crippen MR) is 153 cm³/mol. The molecule has 1 aliphatic heterocycles. The third-order valence-electron chi connectivity index (χ3n) is 6.53. The fourth-order valence-corrected chi connectivity index (χ4v) is 5.41. The van der Waals surface area contributed by atoms with Gasteiger partial charge >= 0.3 is 0 Å². The number of Topliss-reactive ketones (excluding diaryl/α,β-unsaturated/α-hetero) is 1. The summed E-state index contributed by atoms with van der Waals surface area (Å²) in [5.41, 5.74) is 2.95. The van der Waals surface area contributed by atoms with E-state index in [0.29, 0.717) is 30.2 Å². The Hall–Kier alpha value is -4.36. The number of benzene rings is 3. The lowest BCUT2D eigenvalue weighted by Crippen LogP contribution is -2.29. The Balaban J connectivity index is 1.48. The van der Waals surface area contributed by atoms with Crippen LogP contribution in [0.2, 0.25) is 0 Å². The van der Waals surface area contributed by atoms with Crippen molar-refractivity contribution in [1.82, 2.24) is 0 Å². The number of hydrogen-bond donors (Lipinski definition) is 1. The second kappa shape index (κ2) is 11.6. The minimum atomic E-state index is -0.752. The van der Waals surface area contributed by atoms with Crippen LogP contribution in [0.15, 0.2) is 95.9 Å². The van der Waals surface area contributed by atoms with Gasteiger partial charge < -0.3 is 14.6 Å². The highest BCUT2D eigenvalue weighted by molar-refractivity contribution is 7.10. The van der Waals surface area contributed by atoms with Crippen molar-refractivity contribution >= 4 is 34.5 Å². The molecule has 0 bridgehead atoms. The number of thiophene rings is 1. The molecule has 1 fully saturated rings. The highest BCUT2D eigenvalue weighted by Crippen LogP contribution is 2.44. The lowest BCUT2D eigenvalue weighted by Gasteiger charge is -2.24. The largest absolute Gasteiger partial charge is 0.507 e. The molecule has 3 aromatic carbocycles. The van der Waals surface area contributed by atoms with Crippen LogP contribution in [0.25, 0.3) is 5.76 Å². The van der Waals surface area contributed by atoms with E-state index >= 15 is 0 Å². The number of amides is 1. The van der Waals surface area contributed by atoms with E-state index in [1.807, 2.05) is 61.7 Å². The topological polar surface area (TPSA) is 76.1 Å². The highest BCUT2D eigenvalue weighted by atomic mass is 32.1. The summed E-state index contributed by atoms with van der Waals surface area (Å²) in [6.07, 6.45) is 0.881. The molecular formula is C32H29NO5S. The van der Waals surface area contributed by atoms with E-state index < -0.39 is 17.7 Å². The smallest absolute Gasteiger partial charge is 0.300 e. The van der Waals surface area contributed by atoms with Crippen LogP contribution in [0.1, 0.15) is 41.0 Å². The quantitative estimate of drug-likeness (QED) is 0.140. The molecule has 0 aliphatic carbocycles. The summed E-state index contributed by atoms with van der Waals surface area (Å²) < 4.78 is 11.6. The van der Waals surface area contributed by atoms with Gasteiger partial charge in [-0.25, -0.2) is 0 Å². The fraction of sp³-hybridized carbons (Fsp3) is 0.188. The van der Waals surface area contributed by atoms with Crippen LogP contribution >= 0.6 is 11.3 Å². The maximum atomic E-state index is 13.4. The molecule has 1 unspecified atom stereocenters. The van der Waals surface area contributed by atoms with E-state index in [1.165, 1.54) is 16.2 Å². The zero-order valence-corrected chi connectivity index (χ0v) is 22.6. The van der Waals surface area contributed by atoms with Gasteiger partial charge in [0, 0.05) is 16.1 Å². The molecular weight excluding hydrogens is 510 g/mol. The number of nitrogens with zero attached hydrogens (tertiary/aromatic N) is 1. The van der Waals surface area contributed by atoms with Gasteiger partial charge in [0.2, 0.25) is 0 Å². The Kier molecular flexibility index (Phi) is 7.79. The lowest BCUT2D eigenvalue weighted by molar-refractivity contribution is -0.132. The summed E-state index contributed by atoms with van der Waals surface area (Å²) in [5.74, 6) is -0.250. The van der Waals surface area contributed by atoms with Crippen LogP contribution in [0.4, 0.5) is 5.69 Å². The number of aliphatic hydroxyl groups is 1. The second-order valence-corrected chi connectivity index (χ2v) is 10.3. The van der Waals surface area contributed by atoms with E-state index in [0.717, 1.165) is 28.2 Å². The third-order valence-corrected chi connectivity index (χ3v) is 7.46. The number of ether oxygens (including phenoxy) is 2. The Morgan fingerprint density at radius 3 is 2.38 bits per heavy atom. The summed E-state index contributed by atoms with van der Waals surface area (Å²) in [7, 11) is 0. The Bertz CT molecular complexity index is 1490. The van der Waals surface area contributed by atoms with E-state index in [-0.39, 0.29) is 11.3 Å². The number of carbonyl (C=O) groups excluding carboxylic acids is 2. The van der Waals surface area contributed by atoms with Gasteiger partial charge in [-0.2, -0.15) is 0 Å². The Morgan fingerprint density at radius 1 is 0.949 bits per heavy atom. The van der Waals surface area contributed by atoms with Crippen molar-refractivity contribution in [2.75, 3.05) is 11.5 Å². The van der Waals surface area contributed by atoms with Crippen molar-refractivity contribution in [2.24, 2.45) is 0 Å². The summed E-state index contributed by atoms with van der Waals surface area (Å²) in [5, 5.41) is 13.3. The van der Waals surface area contributed by atoms with Crippen LogP contribution in [-0.4, -0.2) is 23.4 Å². The van der Waals surface area contributed by atoms with Crippen molar-refractivity contribution in [2.45, 2.75) is 32.9 Å². The first-order valence-electron chi connectivity index (χ1n) is 12.8. The molecule has 2 heterocycles. The molecule has 0 spiro atoms. The first kappa shape index (κ1) is 26.3. The second-order valence-electron chi connectivity index (χ2n) is 9.28. The number of aryl methyl sites for hydroxylation is 1. The van der Waals surface area contributed by atoms with Gasteiger partial charge in [-0.1, -0.05) is 43.3 Å². The molecule has 5 rings (SSSR count). The van der Waals surface area contributed by atoms with Gasteiger partial charge in [-0.15, -0.1) is 11.3 Å². The minimum Gasteiger partial charge on any atom is -0.507 e. The number of rotatable bonds is 9. The van der Waals surface area contributed by atoms with E-state index in [9.17, 15) is 14.7 Å². The molecule has 7 heteroatoms. The highest BCUT2D eigenvalue weighted by Gasteiger charge is 2.47. The Morgan fingerprint density at radius 2 is 1.72 bits per heavy atom. The van der Waals surface area contributed by atoms with E-state index in [1.54, 1.807) is 42.5 Å². The average Bonchev–Trinajstić information content (AvgIpc) is 3.58. The Labute approximate surface area is 231 Å². The molecule has 1 amide bonds. The van der Waals surface area contributed by atoms with Crippen molar-refractivity contribution in [3.63, 3.8) is 0 Å². The van der Waals surface area contributed by atoms with Crippen molar-refractivity contribution < 1.29 is 24.2 Å². The molecule has 39 heavy (non-hydrogen) atoms. The summed E-state index contributed by atoms with van der Waals surface area (Å²) >= 11 is 1.43. The maximum absolute atomic E-state index is 13.4. The van der Waals surface area contributed by atoms with Crippen molar-refractivity contribution in [1.29, 1.82) is 0 Å². The predicted octanol–water partition coefficient (Wildman–Crippen LogP) is 7.05. The van der Waals surface area contributed by atoms with Gasteiger partial charge in [-0.05, 0) is 78.4 Å². The maximum Gasteiger partial charge on any atom is 0.300 e. The van der Waals surface area contributed by atoms with Crippen LogP contribution in [0.5, 0.6) is 11.5 Å². The zero-order chi connectivity index (χ0) is 27.4. The normalized spacial score (nSPS) is 16.5. The first-order valence-corrected chi connectivity index (χ1v) is 13.7. The fourth-order valence-electron chi connectivity index (χ4n) is 4.58. The summed E-state index contributed by atoms with van der Waals surface area (Å²) in [6.45, 7) is 4.93. The van der Waals surface area contributed by atoms with Crippen LogP contribution in [-0.2, 0) is 16.2 Å². The molecule has 1 N–H and O–H groups in total. The average molecular weight is 540 g/mol. The van der Waals surface area contributed by atoms with Gasteiger partial charge in [0.25, 0.3) is 11.7 Å². The number of ketones is 1. The van der Waals surface area contributed by atoms with Crippen LogP contribution in [0, 0.1) is 6.92 Å². The van der Waals surface area contributed by atoms with Gasteiger partial charge in [0.05, 0.1) is 12.2 Å². The third kappa shape index (κ3) is 5.45. The molecule has 6 nitrogen and oxygen atoms in total. The minimum absolute atomic E-state index is 0.0634. The van der Waals surface area contributed by atoms with Crippen LogP contribution in [0.3, 0.4) is 0 Å². The molecule has 1 aromatic heterocycles. The monoisotopic (exact) mass is 539 g/mol. The van der Waals surface area contributed by atoms with Gasteiger partial charge in [-0.3, -0.25) is 14.5 Å². The van der Waals surface area contributed by atoms with Gasteiger partial charge in [0.1, 0.15) is 29.9 Å². The standard InChI is InChI=1S/C32H29NO5S/c1-3-17-37-26-16-11-23(19-21(26)2)30(34)28-29(27-10-7-18-39-27)33(32(36)31(28)35)24-12-14-25(15-13-24)38-20-22-8-5-4-6-9-22/h4-16,18-19,29,34H,3,17,20H2,1-2H3/b30-28-. The number of hydrogen-bond acceptors (Lipinski definition) is 6. The first-order chi connectivity index (χ1) is 19.0. The van der Waals surface area contributed by atoms with Crippen LogP contribution < -0.4 is 14.4 Å². The number of aliphatic hydroxyl groups excluding tert-OH is 1. The number of carbonyl (C=O) groups is 2. The SMILES string of the molecule is CCCOc1ccc(/C(O)=C2/C(=O)C(=O)N(c3ccc(OCc4ccccc4)cc3)C2c2cccs2)cc1C. The van der Waals surface area contributed by atoms with E-state index in [2.05, 4.69) is 0 Å². The molecule has 0 saturated carbocycles. The molecule has 198 valence electrons. The molecule has 4 aromatic rings. The lowest BCUT2D eigenvalue weighted by atomic mass is 9.98. The summed E-state index contributed by atoms with van der Waals surface area (Å²) in [4.78, 5) is 29.0.